The number of hydrogen-bond donors (Lipinski definition) is 1. The third-order valence-corrected chi connectivity index (χ3v) is 3.52. The van der Waals surface area contributed by atoms with E-state index < -0.39 is 37.7 Å². The smallest absolute Gasteiger partial charge is 0.132 e. The Kier molecular flexibility index (Phi) is 2.46. The fraction of sp³-hybridized carbons (Fsp3) is 0.278. The Morgan fingerprint density at radius 1 is 1.16 bits per heavy atom. The van der Waals surface area contributed by atoms with Crippen LogP contribution >= 0.6 is 0 Å². The highest BCUT2D eigenvalue weighted by molar-refractivity contribution is 5.80. The largest absolute Gasteiger partial charge is 0.378 e. The molecular weight excluding hydrogens is 321 g/mol. The lowest BCUT2D eigenvalue weighted by molar-refractivity contribution is 0.122. The van der Waals surface area contributed by atoms with Crippen molar-refractivity contribution in [1.29, 1.82) is 0 Å². The fourth-order valence-electron chi connectivity index (χ4n) is 2.35. The molecule has 0 radical (unpaired) electrons. The molecule has 2 N–H and O–H groups in total. The summed E-state index contributed by atoms with van der Waals surface area (Å²) in [7, 11) is 0. The quantitative estimate of drug-likeness (QED) is 0.782. The number of rotatable bonds is 3. The highest BCUT2D eigenvalue weighted by Gasteiger charge is 2.15. The molecule has 6 nitrogen and oxygen atoms in total. The van der Waals surface area contributed by atoms with Crippen molar-refractivity contribution >= 4 is 16.7 Å². The number of nitrogens with two attached hydrogens (primary N) is 1. The molecule has 4 heterocycles. The standard InChI is InChI=1S/C18H18FN5O/c19-13-7-17(23-18(8-13)24-3-5-25-6-4-24)15-2-1-12-11-21-14(10-20)9-16(12)22-15/h1-2,7-9,11H,3-6,10,20H2/i3D2,4D2,5D2,6D2. The number of morpholine rings is 1. The molecule has 0 unspecified atom stereocenters. The van der Waals surface area contributed by atoms with Crippen molar-refractivity contribution < 1.29 is 20.1 Å². The van der Waals surface area contributed by atoms with Gasteiger partial charge in [0, 0.05) is 43.3 Å². The molecule has 3 aromatic rings. The van der Waals surface area contributed by atoms with E-state index in [1.54, 1.807) is 18.3 Å². The molecule has 7 heteroatoms. The topological polar surface area (TPSA) is 77.2 Å². The molecule has 1 saturated heterocycles. The molecular formula is C18H18FN5O. The second-order valence-corrected chi connectivity index (χ2v) is 5.16. The summed E-state index contributed by atoms with van der Waals surface area (Å²) in [5.74, 6) is -1.61. The van der Waals surface area contributed by atoms with Gasteiger partial charge in [-0.15, -0.1) is 0 Å². The molecule has 0 atom stereocenters. The van der Waals surface area contributed by atoms with E-state index in [9.17, 15) is 4.39 Å². The van der Waals surface area contributed by atoms with Crippen molar-refractivity contribution in [2.24, 2.45) is 5.73 Å². The summed E-state index contributed by atoms with van der Waals surface area (Å²) in [6, 6.07) is 6.49. The zero-order valence-corrected chi connectivity index (χ0v) is 12.8. The number of nitrogens with zero attached hydrogens (tertiary/aromatic N) is 4. The van der Waals surface area contributed by atoms with Crippen molar-refractivity contribution in [2.75, 3.05) is 31.0 Å². The average Bonchev–Trinajstić information content (AvgIpc) is 2.70. The molecule has 0 bridgehead atoms. The second kappa shape index (κ2) is 6.70. The highest BCUT2D eigenvalue weighted by atomic mass is 19.1. The molecule has 0 amide bonds. The number of halogens is 1. The first-order chi connectivity index (χ1) is 15.2. The Balaban J connectivity index is 1.89. The Hall–Kier alpha value is -2.64. The summed E-state index contributed by atoms with van der Waals surface area (Å²) in [5.41, 5.74) is 6.73. The van der Waals surface area contributed by atoms with E-state index in [2.05, 4.69) is 19.7 Å². The predicted octanol–water partition coefficient (Wildman–Crippen LogP) is 2.13. The van der Waals surface area contributed by atoms with Crippen molar-refractivity contribution in [3.8, 4) is 11.4 Å². The molecule has 0 aliphatic carbocycles. The Morgan fingerprint density at radius 3 is 2.80 bits per heavy atom. The molecule has 0 spiro atoms. The van der Waals surface area contributed by atoms with Crippen LogP contribution in [0.3, 0.4) is 0 Å². The fourth-order valence-corrected chi connectivity index (χ4v) is 2.35. The summed E-state index contributed by atoms with van der Waals surface area (Å²) < 4.78 is 82.9. The third-order valence-electron chi connectivity index (χ3n) is 3.52. The van der Waals surface area contributed by atoms with E-state index in [4.69, 9.17) is 16.7 Å². The van der Waals surface area contributed by atoms with Crippen LogP contribution in [0.5, 0.6) is 0 Å². The number of aromatic nitrogens is 3. The van der Waals surface area contributed by atoms with E-state index in [0.717, 1.165) is 6.07 Å². The maximum absolute atomic E-state index is 14.6. The van der Waals surface area contributed by atoms with Crippen molar-refractivity contribution in [3.63, 3.8) is 0 Å². The van der Waals surface area contributed by atoms with Crippen LogP contribution in [-0.2, 0) is 11.3 Å². The van der Waals surface area contributed by atoms with Gasteiger partial charge >= 0.3 is 0 Å². The molecule has 4 rings (SSSR count). The first-order valence-corrected chi connectivity index (χ1v) is 7.34. The number of hydrogen-bond acceptors (Lipinski definition) is 6. The van der Waals surface area contributed by atoms with Crippen LogP contribution in [0, 0.1) is 5.82 Å². The summed E-state index contributed by atoms with van der Waals surface area (Å²) in [5, 5.41) is 0.676. The van der Waals surface area contributed by atoms with Gasteiger partial charge in [-0.1, -0.05) is 0 Å². The molecule has 1 fully saturated rings. The van der Waals surface area contributed by atoms with Gasteiger partial charge in [-0.05, 0) is 18.2 Å². The van der Waals surface area contributed by atoms with Crippen LogP contribution in [0.4, 0.5) is 10.2 Å². The number of pyridine rings is 3. The van der Waals surface area contributed by atoms with Crippen LogP contribution in [-0.4, -0.2) is 41.1 Å². The van der Waals surface area contributed by atoms with Crippen LogP contribution in [0.15, 0.2) is 36.5 Å². The molecule has 0 aromatic carbocycles. The normalized spacial score (nSPS) is 27.7. The maximum atomic E-state index is 14.6. The molecule has 0 saturated carbocycles. The maximum Gasteiger partial charge on any atom is 0.132 e. The van der Waals surface area contributed by atoms with Gasteiger partial charge in [-0.25, -0.2) is 14.4 Å². The number of ether oxygens (including phenoxy) is 1. The van der Waals surface area contributed by atoms with Crippen molar-refractivity contribution in [1.82, 2.24) is 15.0 Å². The lowest BCUT2D eigenvalue weighted by Crippen LogP contribution is -2.36. The Morgan fingerprint density at radius 2 is 2.00 bits per heavy atom. The van der Waals surface area contributed by atoms with E-state index >= 15 is 0 Å². The van der Waals surface area contributed by atoms with E-state index in [-0.39, 0.29) is 22.8 Å². The third kappa shape index (κ3) is 3.29. The van der Waals surface area contributed by atoms with Crippen LogP contribution in [0.1, 0.15) is 16.7 Å². The number of fused-ring (bicyclic) bond motifs is 1. The minimum absolute atomic E-state index is 0.0998. The van der Waals surface area contributed by atoms with Crippen LogP contribution in [0.2, 0.25) is 0 Å². The molecule has 1 aliphatic heterocycles. The zero-order chi connectivity index (χ0) is 24.4. The number of anilines is 1. The summed E-state index contributed by atoms with van der Waals surface area (Å²) in [6.07, 6.45) is 1.57. The first kappa shape index (κ1) is 9.17. The van der Waals surface area contributed by atoms with Gasteiger partial charge in [-0.2, -0.15) is 0 Å². The summed E-state index contributed by atoms with van der Waals surface area (Å²) >= 11 is 0. The summed E-state index contributed by atoms with van der Waals surface area (Å²) in [6.45, 7) is -12.9. The van der Waals surface area contributed by atoms with Gasteiger partial charge < -0.3 is 15.4 Å². The Labute approximate surface area is 155 Å². The van der Waals surface area contributed by atoms with Gasteiger partial charge in [0.15, 0.2) is 0 Å². The van der Waals surface area contributed by atoms with Crippen molar-refractivity contribution in [2.45, 2.75) is 6.54 Å². The van der Waals surface area contributed by atoms with Gasteiger partial charge in [0.05, 0.1) is 46.7 Å². The Bertz CT molecular complexity index is 1220. The highest BCUT2D eigenvalue weighted by Crippen LogP contribution is 2.24. The lowest BCUT2D eigenvalue weighted by Gasteiger charge is -2.28. The zero-order valence-electron chi connectivity index (χ0n) is 20.8. The van der Waals surface area contributed by atoms with Gasteiger partial charge in [0.25, 0.3) is 0 Å². The monoisotopic (exact) mass is 347 g/mol. The van der Waals surface area contributed by atoms with Crippen molar-refractivity contribution in [3.05, 3.63) is 48.0 Å². The van der Waals surface area contributed by atoms with E-state index in [1.165, 1.54) is 6.07 Å². The van der Waals surface area contributed by atoms with E-state index in [1.807, 2.05) is 0 Å². The minimum Gasteiger partial charge on any atom is -0.378 e. The predicted molar refractivity (Wildman–Crippen MR) is 93.7 cm³/mol. The molecule has 128 valence electrons. The SMILES string of the molecule is [2H]C1([2H])OC([2H])([2H])C([2H])([2H])N(c2cc(F)cc(-c3ccc4cnc(CN)cc4n3)n2)C1([2H])[2H]. The first-order valence-electron chi connectivity index (χ1n) is 11.3. The van der Waals surface area contributed by atoms with Gasteiger partial charge in [-0.3, -0.25) is 4.98 Å². The van der Waals surface area contributed by atoms with Crippen LogP contribution in [0.25, 0.3) is 22.3 Å². The van der Waals surface area contributed by atoms with Gasteiger partial charge in [0.2, 0.25) is 0 Å². The van der Waals surface area contributed by atoms with Crippen LogP contribution < -0.4 is 10.6 Å². The van der Waals surface area contributed by atoms with E-state index in [0.29, 0.717) is 22.7 Å². The molecule has 1 aliphatic rings. The lowest BCUT2D eigenvalue weighted by atomic mass is 10.2. The second-order valence-electron chi connectivity index (χ2n) is 5.16. The summed E-state index contributed by atoms with van der Waals surface area (Å²) in [4.78, 5) is 12.8. The van der Waals surface area contributed by atoms with Gasteiger partial charge in [0.1, 0.15) is 11.6 Å². The molecule has 3 aromatic heterocycles. The average molecular weight is 347 g/mol. The minimum atomic E-state index is -3.29. The molecule has 25 heavy (non-hydrogen) atoms.